The van der Waals surface area contributed by atoms with Crippen molar-refractivity contribution >= 4 is 17.6 Å². The van der Waals surface area contributed by atoms with Crippen molar-refractivity contribution in [2.24, 2.45) is 0 Å². The second-order valence-corrected chi connectivity index (χ2v) is 6.25. The van der Waals surface area contributed by atoms with Gasteiger partial charge in [0.2, 0.25) is 0 Å². The summed E-state index contributed by atoms with van der Waals surface area (Å²) in [5.41, 5.74) is 2.56. The molecule has 0 heterocycles. The summed E-state index contributed by atoms with van der Waals surface area (Å²) in [4.78, 5) is 23.3. The van der Waals surface area contributed by atoms with Crippen LogP contribution in [0.3, 0.4) is 0 Å². The Morgan fingerprint density at radius 2 is 1.85 bits per heavy atom. The minimum absolute atomic E-state index is 0.0306. The summed E-state index contributed by atoms with van der Waals surface area (Å²) in [5, 5.41) is 11.8. The molecule has 0 atom stereocenters. The van der Waals surface area contributed by atoms with Gasteiger partial charge in [-0.25, -0.2) is 4.79 Å². The van der Waals surface area contributed by atoms with E-state index in [4.69, 9.17) is 14.6 Å². The molecule has 2 aromatic carbocycles. The number of carbonyl (C=O) groups is 2. The number of anilines is 1. The molecule has 0 bridgehead atoms. The molecule has 2 N–H and O–H groups in total. The van der Waals surface area contributed by atoms with Gasteiger partial charge in [-0.1, -0.05) is 26.0 Å². The van der Waals surface area contributed by atoms with Crippen LogP contribution in [0.5, 0.6) is 11.5 Å². The molecular formula is C20H23NO5. The van der Waals surface area contributed by atoms with Crippen LogP contribution in [0.2, 0.25) is 0 Å². The molecule has 26 heavy (non-hydrogen) atoms. The molecule has 0 saturated carbocycles. The highest BCUT2D eigenvalue weighted by atomic mass is 16.5. The van der Waals surface area contributed by atoms with Crippen LogP contribution in [-0.4, -0.2) is 30.7 Å². The van der Waals surface area contributed by atoms with Gasteiger partial charge in [-0.2, -0.15) is 0 Å². The van der Waals surface area contributed by atoms with Crippen molar-refractivity contribution in [2.75, 3.05) is 19.0 Å². The van der Waals surface area contributed by atoms with Crippen LogP contribution in [0, 0.1) is 6.92 Å². The quantitative estimate of drug-likeness (QED) is 0.786. The first kappa shape index (κ1) is 19.3. The lowest BCUT2D eigenvalue weighted by Gasteiger charge is -2.15. The number of carbonyl (C=O) groups excluding carboxylic acids is 1. The van der Waals surface area contributed by atoms with E-state index < -0.39 is 5.97 Å². The van der Waals surface area contributed by atoms with Crippen LogP contribution in [0.1, 0.15) is 41.3 Å². The maximum absolute atomic E-state index is 12.2. The Kier molecular flexibility index (Phi) is 6.22. The number of aromatic carboxylic acids is 1. The summed E-state index contributed by atoms with van der Waals surface area (Å²) in [6.45, 7) is 5.95. The van der Waals surface area contributed by atoms with E-state index in [2.05, 4.69) is 19.2 Å². The largest absolute Gasteiger partial charge is 0.496 e. The average Bonchev–Trinajstić information content (AvgIpc) is 2.59. The minimum Gasteiger partial charge on any atom is -0.496 e. The molecule has 0 fully saturated rings. The van der Waals surface area contributed by atoms with Gasteiger partial charge >= 0.3 is 5.97 Å². The van der Waals surface area contributed by atoms with Crippen molar-refractivity contribution in [3.63, 3.8) is 0 Å². The first-order chi connectivity index (χ1) is 12.3. The van der Waals surface area contributed by atoms with E-state index in [9.17, 15) is 9.59 Å². The van der Waals surface area contributed by atoms with Gasteiger partial charge in [-0.3, -0.25) is 4.79 Å². The fourth-order valence-electron chi connectivity index (χ4n) is 2.53. The molecule has 6 nitrogen and oxygen atoms in total. The van der Waals surface area contributed by atoms with Gasteiger partial charge < -0.3 is 19.9 Å². The van der Waals surface area contributed by atoms with E-state index in [1.807, 2.05) is 25.1 Å². The van der Waals surface area contributed by atoms with E-state index in [0.717, 1.165) is 11.1 Å². The number of hydrogen-bond acceptors (Lipinski definition) is 4. The number of methoxy groups -OCH3 is 1. The topological polar surface area (TPSA) is 84.9 Å². The molecular weight excluding hydrogens is 334 g/mol. The van der Waals surface area contributed by atoms with E-state index >= 15 is 0 Å². The Morgan fingerprint density at radius 1 is 1.12 bits per heavy atom. The number of aryl methyl sites for hydroxylation is 1. The lowest BCUT2D eigenvalue weighted by Crippen LogP contribution is -2.20. The first-order valence-electron chi connectivity index (χ1n) is 8.26. The number of ether oxygens (including phenoxy) is 2. The Balaban J connectivity index is 2.06. The lowest BCUT2D eigenvalue weighted by atomic mass is 10.0. The highest BCUT2D eigenvalue weighted by Gasteiger charge is 2.14. The second-order valence-electron chi connectivity index (χ2n) is 6.25. The number of nitrogens with one attached hydrogen (secondary N) is 1. The van der Waals surface area contributed by atoms with Crippen molar-refractivity contribution in [3.05, 3.63) is 53.1 Å². The highest BCUT2D eigenvalue weighted by Crippen LogP contribution is 2.27. The third-order valence-electron chi connectivity index (χ3n) is 3.87. The van der Waals surface area contributed by atoms with Gasteiger partial charge in [0.15, 0.2) is 6.61 Å². The molecule has 0 aliphatic carbocycles. The predicted octanol–water partition coefficient (Wildman–Crippen LogP) is 3.84. The van der Waals surface area contributed by atoms with Crippen LogP contribution < -0.4 is 14.8 Å². The zero-order valence-corrected chi connectivity index (χ0v) is 15.3. The SMILES string of the molecule is COc1cc(NC(=O)COc2cc(C)ccc2C(C)C)ccc1C(=O)O. The van der Waals surface area contributed by atoms with Crippen LogP contribution in [-0.2, 0) is 4.79 Å². The summed E-state index contributed by atoms with van der Waals surface area (Å²) >= 11 is 0. The third-order valence-corrected chi connectivity index (χ3v) is 3.87. The molecule has 0 aliphatic rings. The zero-order chi connectivity index (χ0) is 19.3. The Morgan fingerprint density at radius 3 is 2.46 bits per heavy atom. The Labute approximate surface area is 152 Å². The molecule has 1 amide bonds. The summed E-state index contributed by atoms with van der Waals surface area (Å²) in [6, 6.07) is 10.3. The minimum atomic E-state index is -1.09. The van der Waals surface area contributed by atoms with Crippen LogP contribution in [0.25, 0.3) is 0 Å². The molecule has 2 rings (SSSR count). The van der Waals surface area contributed by atoms with Crippen molar-refractivity contribution in [2.45, 2.75) is 26.7 Å². The van der Waals surface area contributed by atoms with E-state index in [1.165, 1.54) is 25.3 Å². The van der Waals surface area contributed by atoms with Gasteiger partial charge in [-0.15, -0.1) is 0 Å². The Hall–Kier alpha value is -3.02. The molecule has 138 valence electrons. The fraction of sp³-hybridized carbons (Fsp3) is 0.300. The first-order valence-corrected chi connectivity index (χ1v) is 8.26. The van der Waals surface area contributed by atoms with Crippen LogP contribution in [0.15, 0.2) is 36.4 Å². The normalized spacial score (nSPS) is 10.5. The number of amides is 1. The van der Waals surface area contributed by atoms with E-state index in [-0.39, 0.29) is 29.7 Å². The standard InChI is InChI=1S/C20H23NO5/c1-12(2)15-7-5-13(3)9-18(15)26-11-19(22)21-14-6-8-16(20(23)24)17(10-14)25-4/h5-10,12H,11H2,1-4H3,(H,21,22)(H,23,24). The summed E-state index contributed by atoms with van der Waals surface area (Å²) in [7, 11) is 1.38. The van der Waals surface area contributed by atoms with Gasteiger partial charge in [0.25, 0.3) is 5.91 Å². The summed E-state index contributed by atoms with van der Waals surface area (Å²) in [5.74, 6) is -0.289. The molecule has 0 aromatic heterocycles. The molecule has 6 heteroatoms. The van der Waals surface area contributed by atoms with Crippen molar-refractivity contribution in [1.29, 1.82) is 0 Å². The maximum atomic E-state index is 12.2. The molecule has 2 aromatic rings. The van der Waals surface area contributed by atoms with Gasteiger partial charge in [0.1, 0.15) is 17.1 Å². The number of benzene rings is 2. The number of carboxylic acid groups (broad SMARTS) is 1. The van der Waals surface area contributed by atoms with E-state index in [0.29, 0.717) is 11.4 Å². The Bertz CT molecular complexity index is 814. The summed E-state index contributed by atoms with van der Waals surface area (Å²) in [6.07, 6.45) is 0. The zero-order valence-electron chi connectivity index (χ0n) is 15.3. The van der Waals surface area contributed by atoms with Crippen molar-refractivity contribution in [1.82, 2.24) is 0 Å². The smallest absolute Gasteiger partial charge is 0.339 e. The molecule has 0 aliphatic heterocycles. The van der Waals surface area contributed by atoms with E-state index in [1.54, 1.807) is 0 Å². The van der Waals surface area contributed by atoms with Gasteiger partial charge in [-0.05, 0) is 42.2 Å². The highest BCUT2D eigenvalue weighted by molar-refractivity contribution is 5.95. The van der Waals surface area contributed by atoms with Crippen LogP contribution in [0.4, 0.5) is 5.69 Å². The summed E-state index contributed by atoms with van der Waals surface area (Å²) < 4.78 is 10.7. The lowest BCUT2D eigenvalue weighted by molar-refractivity contribution is -0.118. The van der Waals surface area contributed by atoms with Crippen molar-refractivity contribution in [3.8, 4) is 11.5 Å². The maximum Gasteiger partial charge on any atom is 0.339 e. The predicted molar refractivity (Wildman–Crippen MR) is 99.3 cm³/mol. The molecule has 0 spiro atoms. The monoisotopic (exact) mass is 357 g/mol. The number of hydrogen-bond donors (Lipinski definition) is 2. The number of rotatable bonds is 7. The van der Waals surface area contributed by atoms with Gasteiger partial charge in [0, 0.05) is 11.8 Å². The molecule has 0 unspecified atom stereocenters. The molecule has 0 radical (unpaired) electrons. The average molecular weight is 357 g/mol. The van der Waals surface area contributed by atoms with Crippen LogP contribution >= 0.6 is 0 Å². The number of carboxylic acids is 1. The third kappa shape index (κ3) is 4.75. The molecule has 0 saturated heterocycles. The van der Waals surface area contributed by atoms with Gasteiger partial charge in [0.05, 0.1) is 7.11 Å². The second kappa shape index (κ2) is 8.38. The van der Waals surface area contributed by atoms with Crippen molar-refractivity contribution < 1.29 is 24.2 Å². The fourth-order valence-corrected chi connectivity index (χ4v) is 2.53.